The van der Waals surface area contributed by atoms with Crippen molar-refractivity contribution < 1.29 is 8.42 Å². The van der Waals surface area contributed by atoms with Crippen LogP contribution in [0.25, 0.3) is 0 Å². The number of nitrogens with one attached hydrogen (secondary N) is 2. The van der Waals surface area contributed by atoms with E-state index >= 15 is 0 Å². The Hall–Kier alpha value is -1.31. The number of sulfone groups is 1. The van der Waals surface area contributed by atoms with Crippen molar-refractivity contribution in [2.75, 3.05) is 22.6 Å². The first-order valence-electron chi connectivity index (χ1n) is 4.70. The Morgan fingerprint density at radius 3 is 2.93 bits per heavy atom. The summed E-state index contributed by atoms with van der Waals surface area (Å²) in [6, 6.07) is -0.112. The SMILES string of the molecule is Nc1nc(NC2CCCS(=O)(=O)C2)n[nH]1. The number of hydrogen-bond acceptors (Lipinski definition) is 6. The van der Waals surface area contributed by atoms with Crippen LogP contribution >= 0.6 is 0 Å². The van der Waals surface area contributed by atoms with Crippen LogP contribution in [-0.2, 0) is 9.84 Å². The standard InChI is InChI=1S/C7H13N5O2S/c8-6-10-7(12-11-6)9-5-2-1-3-15(13,14)4-5/h5H,1-4H2,(H4,8,9,10,11,12). The number of nitrogen functional groups attached to an aromatic ring is 1. The van der Waals surface area contributed by atoms with Crippen molar-refractivity contribution >= 4 is 21.7 Å². The molecule has 1 atom stereocenters. The van der Waals surface area contributed by atoms with E-state index in [1.807, 2.05) is 0 Å². The molecule has 0 bridgehead atoms. The van der Waals surface area contributed by atoms with Crippen molar-refractivity contribution in [1.29, 1.82) is 0 Å². The molecule has 1 aromatic rings. The predicted molar refractivity (Wildman–Crippen MR) is 56.1 cm³/mol. The molecule has 0 amide bonds. The molecule has 1 unspecified atom stereocenters. The number of hydrogen-bond donors (Lipinski definition) is 3. The lowest BCUT2D eigenvalue weighted by Crippen LogP contribution is -2.35. The molecule has 0 spiro atoms. The van der Waals surface area contributed by atoms with Crippen LogP contribution in [0.2, 0.25) is 0 Å². The highest BCUT2D eigenvalue weighted by Gasteiger charge is 2.25. The number of anilines is 2. The van der Waals surface area contributed by atoms with Crippen LogP contribution in [0, 0.1) is 0 Å². The molecule has 15 heavy (non-hydrogen) atoms. The smallest absolute Gasteiger partial charge is 0.243 e. The Kier molecular flexibility index (Phi) is 2.51. The van der Waals surface area contributed by atoms with E-state index in [1.165, 1.54) is 0 Å². The summed E-state index contributed by atoms with van der Waals surface area (Å²) in [5, 5.41) is 9.22. The number of aromatic amines is 1. The maximum atomic E-state index is 11.3. The van der Waals surface area contributed by atoms with Gasteiger partial charge in [0.05, 0.1) is 11.5 Å². The van der Waals surface area contributed by atoms with Gasteiger partial charge in [-0.3, -0.25) is 0 Å². The van der Waals surface area contributed by atoms with Gasteiger partial charge in [0.1, 0.15) is 0 Å². The zero-order valence-corrected chi connectivity index (χ0v) is 8.92. The van der Waals surface area contributed by atoms with E-state index in [-0.39, 0.29) is 23.5 Å². The Balaban J connectivity index is 2.01. The molecule has 0 saturated carbocycles. The van der Waals surface area contributed by atoms with E-state index in [2.05, 4.69) is 20.5 Å². The fraction of sp³-hybridized carbons (Fsp3) is 0.714. The zero-order valence-electron chi connectivity index (χ0n) is 8.10. The fourth-order valence-electron chi connectivity index (χ4n) is 1.66. The van der Waals surface area contributed by atoms with Gasteiger partial charge >= 0.3 is 0 Å². The molecule has 84 valence electrons. The van der Waals surface area contributed by atoms with Gasteiger partial charge < -0.3 is 11.1 Å². The van der Waals surface area contributed by atoms with E-state index in [0.717, 1.165) is 6.42 Å². The molecule has 7 nitrogen and oxygen atoms in total. The monoisotopic (exact) mass is 231 g/mol. The third-order valence-corrected chi connectivity index (χ3v) is 4.12. The number of aromatic nitrogens is 3. The fourth-order valence-corrected chi connectivity index (χ4v) is 3.29. The molecule has 1 saturated heterocycles. The maximum Gasteiger partial charge on any atom is 0.243 e. The van der Waals surface area contributed by atoms with Crippen molar-refractivity contribution in [3.05, 3.63) is 0 Å². The quantitative estimate of drug-likeness (QED) is 0.624. The first kappa shape index (κ1) is 10.2. The third-order valence-electron chi connectivity index (χ3n) is 2.30. The second-order valence-electron chi connectivity index (χ2n) is 3.64. The minimum absolute atomic E-state index is 0.112. The number of H-pyrrole nitrogens is 1. The summed E-state index contributed by atoms with van der Waals surface area (Å²) >= 11 is 0. The molecule has 2 rings (SSSR count). The molecule has 0 aromatic carbocycles. The molecule has 1 aliphatic rings. The average molecular weight is 231 g/mol. The normalized spacial score (nSPS) is 24.9. The molecule has 4 N–H and O–H groups in total. The van der Waals surface area contributed by atoms with Gasteiger partial charge in [-0.15, -0.1) is 5.10 Å². The van der Waals surface area contributed by atoms with Crippen molar-refractivity contribution in [2.45, 2.75) is 18.9 Å². The maximum absolute atomic E-state index is 11.3. The van der Waals surface area contributed by atoms with E-state index in [1.54, 1.807) is 0 Å². The van der Waals surface area contributed by atoms with Crippen LogP contribution in [0.1, 0.15) is 12.8 Å². The summed E-state index contributed by atoms with van der Waals surface area (Å²) in [6.07, 6.45) is 1.49. The molecular weight excluding hydrogens is 218 g/mol. The highest BCUT2D eigenvalue weighted by Crippen LogP contribution is 2.15. The Bertz CT molecular complexity index is 440. The van der Waals surface area contributed by atoms with Crippen molar-refractivity contribution in [2.24, 2.45) is 0 Å². The summed E-state index contributed by atoms with van der Waals surface area (Å²) in [7, 11) is -2.90. The first-order valence-corrected chi connectivity index (χ1v) is 6.52. The topological polar surface area (TPSA) is 114 Å². The lowest BCUT2D eigenvalue weighted by molar-refractivity contribution is 0.561. The number of nitrogens with two attached hydrogens (primary N) is 1. The Morgan fingerprint density at radius 2 is 2.33 bits per heavy atom. The second-order valence-corrected chi connectivity index (χ2v) is 5.87. The summed E-state index contributed by atoms with van der Waals surface area (Å²) in [5.41, 5.74) is 5.35. The molecule has 1 aromatic heterocycles. The van der Waals surface area contributed by atoms with Crippen LogP contribution < -0.4 is 11.1 Å². The largest absolute Gasteiger partial charge is 0.368 e. The zero-order chi connectivity index (χ0) is 10.9. The molecule has 0 aliphatic carbocycles. The molecule has 0 radical (unpaired) electrons. The van der Waals surface area contributed by atoms with Crippen molar-refractivity contribution in [1.82, 2.24) is 15.2 Å². The Labute approximate surface area is 87.4 Å². The lowest BCUT2D eigenvalue weighted by atomic mass is 10.2. The van der Waals surface area contributed by atoms with Gasteiger partial charge in [-0.25, -0.2) is 13.5 Å². The van der Waals surface area contributed by atoms with E-state index in [9.17, 15) is 8.42 Å². The van der Waals surface area contributed by atoms with Crippen LogP contribution in [0.3, 0.4) is 0 Å². The van der Waals surface area contributed by atoms with E-state index in [0.29, 0.717) is 12.4 Å². The van der Waals surface area contributed by atoms with Gasteiger partial charge in [0.2, 0.25) is 11.9 Å². The first-order chi connectivity index (χ1) is 7.05. The minimum atomic E-state index is -2.90. The van der Waals surface area contributed by atoms with E-state index < -0.39 is 9.84 Å². The highest BCUT2D eigenvalue weighted by atomic mass is 32.2. The van der Waals surface area contributed by atoms with Gasteiger partial charge in [0.25, 0.3) is 0 Å². The highest BCUT2D eigenvalue weighted by molar-refractivity contribution is 7.91. The van der Waals surface area contributed by atoms with Gasteiger partial charge in [-0.1, -0.05) is 0 Å². The van der Waals surface area contributed by atoms with Gasteiger partial charge in [-0.2, -0.15) is 4.98 Å². The lowest BCUT2D eigenvalue weighted by Gasteiger charge is -2.21. The van der Waals surface area contributed by atoms with Crippen LogP contribution in [0.5, 0.6) is 0 Å². The van der Waals surface area contributed by atoms with Gasteiger partial charge in [0, 0.05) is 6.04 Å². The van der Waals surface area contributed by atoms with Crippen molar-refractivity contribution in [3.8, 4) is 0 Å². The number of rotatable bonds is 2. The van der Waals surface area contributed by atoms with Gasteiger partial charge in [-0.05, 0) is 12.8 Å². The number of nitrogens with zero attached hydrogens (tertiary/aromatic N) is 2. The summed E-state index contributed by atoms with van der Waals surface area (Å²) in [5.74, 6) is 0.994. The molecule has 1 aliphatic heterocycles. The summed E-state index contributed by atoms with van der Waals surface area (Å²) in [4.78, 5) is 3.86. The molecule has 1 fully saturated rings. The summed E-state index contributed by atoms with van der Waals surface area (Å²) < 4.78 is 22.7. The predicted octanol–water partition coefficient (Wildman–Crippen LogP) is -0.624. The summed E-state index contributed by atoms with van der Waals surface area (Å²) in [6.45, 7) is 0. The van der Waals surface area contributed by atoms with Crippen LogP contribution in [-0.4, -0.2) is 41.1 Å². The average Bonchev–Trinajstić information content (AvgIpc) is 2.49. The van der Waals surface area contributed by atoms with Crippen molar-refractivity contribution in [3.63, 3.8) is 0 Å². The third kappa shape index (κ3) is 2.58. The molecule has 2 heterocycles. The van der Waals surface area contributed by atoms with E-state index in [4.69, 9.17) is 5.73 Å². The minimum Gasteiger partial charge on any atom is -0.368 e. The van der Waals surface area contributed by atoms with Crippen LogP contribution in [0.15, 0.2) is 0 Å². The van der Waals surface area contributed by atoms with Gasteiger partial charge in [0.15, 0.2) is 9.84 Å². The molecular formula is C7H13N5O2S. The Morgan fingerprint density at radius 1 is 1.53 bits per heavy atom. The molecule has 8 heteroatoms. The van der Waals surface area contributed by atoms with Crippen LogP contribution in [0.4, 0.5) is 11.9 Å². The second kappa shape index (κ2) is 3.69.